The molecule has 4 rings (SSSR count). The Hall–Kier alpha value is -3.48. The van der Waals surface area contributed by atoms with Crippen molar-refractivity contribution in [2.45, 2.75) is 12.8 Å². The molecule has 1 saturated heterocycles. The molecule has 7 nitrogen and oxygen atoms in total. The van der Waals surface area contributed by atoms with Gasteiger partial charge in [0.05, 0.1) is 17.4 Å². The Kier molecular flexibility index (Phi) is 4.91. The number of hydrogen-bond donors (Lipinski definition) is 2. The third kappa shape index (κ3) is 4.20. The van der Waals surface area contributed by atoms with Crippen molar-refractivity contribution < 1.29 is 4.79 Å². The van der Waals surface area contributed by atoms with E-state index in [0.29, 0.717) is 17.1 Å². The van der Waals surface area contributed by atoms with E-state index in [-0.39, 0.29) is 5.91 Å². The molecule has 1 aliphatic heterocycles. The van der Waals surface area contributed by atoms with Crippen LogP contribution >= 0.6 is 0 Å². The number of amides is 1. The van der Waals surface area contributed by atoms with Crippen LogP contribution in [0.15, 0.2) is 61.1 Å². The highest BCUT2D eigenvalue weighted by atomic mass is 16.1. The maximum absolute atomic E-state index is 12.2. The molecule has 0 bridgehead atoms. The number of rotatable bonds is 5. The fourth-order valence-electron chi connectivity index (χ4n) is 3.05. The highest BCUT2D eigenvalue weighted by molar-refractivity contribution is 6.04. The van der Waals surface area contributed by atoms with Crippen molar-refractivity contribution in [3.05, 3.63) is 66.6 Å². The largest absolute Gasteiger partial charge is 0.370 e. The van der Waals surface area contributed by atoms with Crippen molar-refractivity contribution in [3.8, 4) is 0 Å². The zero-order chi connectivity index (χ0) is 18.5. The SMILES string of the molecule is O=C(Nc1ccc(Nc2cc(N3CCCC3)cnn2)cc1)c1cccnc1. The third-order valence-electron chi connectivity index (χ3n) is 4.45. The lowest BCUT2D eigenvalue weighted by Gasteiger charge is -2.17. The van der Waals surface area contributed by atoms with Gasteiger partial charge in [-0.1, -0.05) is 0 Å². The van der Waals surface area contributed by atoms with Crippen LogP contribution in [0.2, 0.25) is 0 Å². The number of pyridine rings is 1. The molecule has 1 fully saturated rings. The number of carbonyl (C=O) groups is 1. The second-order valence-electron chi connectivity index (χ2n) is 6.39. The summed E-state index contributed by atoms with van der Waals surface area (Å²) in [5.41, 5.74) is 3.20. The van der Waals surface area contributed by atoms with Crippen LogP contribution in [0.3, 0.4) is 0 Å². The number of anilines is 4. The molecule has 7 heteroatoms. The van der Waals surface area contributed by atoms with Crippen molar-refractivity contribution in [1.29, 1.82) is 0 Å². The van der Waals surface area contributed by atoms with Crippen molar-refractivity contribution in [2.75, 3.05) is 28.6 Å². The monoisotopic (exact) mass is 360 g/mol. The summed E-state index contributed by atoms with van der Waals surface area (Å²) in [6.07, 6.45) is 7.42. The molecule has 2 aromatic heterocycles. The zero-order valence-electron chi connectivity index (χ0n) is 14.8. The Bertz CT molecular complexity index is 907. The number of nitrogens with one attached hydrogen (secondary N) is 2. The van der Waals surface area contributed by atoms with E-state index in [1.165, 1.54) is 19.0 Å². The number of hydrogen-bond acceptors (Lipinski definition) is 6. The van der Waals surface area contributed by atoms with E-state index in [4.69, 9.17) is 0 Å². The summed E-state index contributed by atoms with van der Waals surface area (Å²) >= 11 is 0. The predicted molar refractivity (Wildman–Crippen MR) is 105 cm³/mol. The van der Waals surface area contributed by atoms with Gasteiger partial charge in [0.2, 0.25) is 0 Å². The van der Waals surface area contributed by atoms with E-state index < -0.39 is 0 Å². The van der Waals surface area contributed by atoms with E-state index in [9.17, 15) is 4.79 Å². The van der Waals surface area contributed by atoms with E-state index >= 15 is 0 Å². The summed E-state index contributed by atoms with van der Waals surface area (Å²) in [5.74, 6) is 0.513. The molecule has 1 aliphatic rings. The van der Waals surface area contributed by atoms with Gasteiger partial charge in [0, 0.05) is 42.9 Å². The van der Waals surface area contributed by atoms with Gasteiger partial charge < -0.3 is 15.5 Å². The summed E-state index contributed by atoms with van der Waals surface area (Å²) < 4.78 is 0. The van der Waals surface area contributed by atoms with E-state index in [2.05, 4.69) is 30.7 Å². The summed E-state index contributed by atoms with van der Waals surface area (Å²) in [5, 5.41) is 14.4. The van der Waals surface area contributed by atoms with Crippen LogP contribution in [0.5, 0.6) is 0 Å². The Labute approximate surface area is 157 Å². The molecule has 0 saturated carbocycles. The number of nitrogens with zero attached hydrogens (tertiary/aromatic N) is 4. The summed E-state index contributed by atoms with van der Waals surface area (Å²) in [7, 11) is 0. The minimum Gasteiger partial charge on any atom is -0.370 e. The van der Waals surface area contributed by atoms with E-state index in [1.54, 1.807) is 24.5 Å². The molecule has 2 N–H and O–H groups in total. The fraction of sp³-hybridized carbons (Fsp3) is 0.200. The lowest BCUT2D eigenvalue weighted by molar-refractivity contribution is 0.102. The number of benzene rings is 1. The van der Waals surface area contributed by atoms with E-state index in [0.717, 1.165) is 24.5 Å². The van der Waals surface area contributed by atoms with Crippen LogP contribution in [-0.2, 0) is 0 Å². The maximum atomic E-state index is 12.2. The molecule has 136 valence electrons. The third-order valence-corrected chi connectivity index (χ3v) is 4.45. The van der Waals surface area contributed by atoms with Crippen molar-refractivity contribution in [1.82, 2.24) is 15.2 Å². The van der Waals surface area contributed by atoms with Crippen molar-refractivity contribution in [2.24, 2.45) is 0 Å². The predicted octanol–water partition coefficient (Wildman–Crippen LogP) is 3.47. The summed E-state index contributed by atoms with van der Waals surface area (Å²) in [6, 6.07) is 12.9. The van der Waals surface area contributed by atoms with Gasteiger partial charge in [0.1, 0.15) is 0 Å². The molecule has 3 heterocycles. The number of aromatic nitrogens is 3. The molecular weight excluding hydrogens is 340 g/mol. The smallest absolute Gasteiger partial charge is 0.257 e. The zero-order valence-corrected chi connectivity index (χ0v) is 14.8. The average Bonchev–Trinajstić information content (AvgIpc) is 3.25. The maximum Gasteiger partial charge on any atom is 0.257 e. The molecule has 0 unspecified atom stereocenters. The Morgan fingerprint density at radius 1 is 1.00 bits per heavy atom. The molecular formula is C20H20N6O. The molecule has 1 aromatic carbocycles. The molecule has 27 heavy (non-hydrogen) atoms. The van der Waals surface area contributed by atoms with Crippen LogP contribution in [0.25, 0.3) is 0 Å². The second kappa shape index (κ2) is 7.82. The first-order valence-corrected chi connectivity index (χ1v) is 8.94. The van der Waals surface area contributed by atoms with E-state index in [1.807, 2.05) is 30.3 Å². The quantitative estimate of drug-likeness (QED) is 0.725. The number of carbonyl (C=O) groups excluding carboxylic acids is 1. The minimum atomic E-state index is -0.187. The molecule has 0 atom stereocenters. The van der Waals surface area contributed by atoms with Crippen LogP contribution in [0.1, 0.15) is 23.2 Å². The van der Waals surface area contributed by atoms with Crippen LogP contribution in [0, 0.1) is 0 Å². The Morgan fingerprint density at radius 2 is 1.78 bits per heavy atom. The van der Waals surface area contributed by atoms with Gasteiger partial charge in [-0.05, 0) is 49.2 Å². The Morgan fingerprint density at radius 3 is 2.52 bits per heavy atom. The first-order chi connectivity index (χ1) is 13.3. The topological polar surface area (TPSA) is 83.0 Å². The van der Waals surface area contributed by atoms with Gasteiger partial charge in [-0.15, -0.1) is 5.10 Å². The average molecular weight is 360 g/mol. The normalized spacial score (nSPS) is 13.4. The molecule has 0 spiro atoms. The van der Waals surface area contributed by atoms with Gasteiger partial charge in [0.15, 0.2) is 5.82 Å². The first-order valence-electron chi connectivity index (χ1n) is 8.94. The molecule has 1 amide bonds. The fourth-order valence-corrected chi connectivity index (χ4v) is 3.05. The summed E-state index contributed by atoms with van der Waals surface area (Å²) in [6.45, 7) is 2.13. The van der Waals surface area contributed by atoms with Crippen LogP contribution < -0.4 is 15.5 Å². The lowest BCUT2D eigenvalue weighted by Crippen LogP contribution is -2.18. The van der Waals surface area contributed by atoms with Gasteiger partial charge in [0.25, 0.3) is 5.91 Å². The standard InChI is InChI=1S/C20H20N6O/c27-20(15-4-3-9-21-13-15)24-17-7-5-16(6-8-17)23-19-12-18(14-22-25-19)26-10-1-2-11-26/h3-9,12-14H,1-2,10-11H2,(H,23,25)(H,24,27). The highest BCUT2D eigenvalue weighted by Crippen LogP contribution is 2.23. The van der Waals surface area contributed by atoms with Gasteiger partial charge in [-0.2, -0.15) is 5.10 Å². The van der Waals surface area contributed by atoms with Gasteiger partial charge in [-0.25, -0.2) is 0 Å². The van der Waals surface area contributed by atoms with Gasteiger partial charge >= 0.3 is 0 Å². The highest BCUT2D eigenvalue weighted by Gasteiger charge is 2.13. The minimum absolute atomic E-state index is 0.187. The second-order valence-corrected chi connectivity index (χ2v) is 6.39. The van der Waals surface area contributed by atoms with Crippen molar-refractivity contribution in [3.63, 3.8) is 0 Å². The first kappa shape index (κ1) is 17.0. The summed E-state index contributed by atoms with van der Waals surface area (Å²) in [4.78, 5) is 18.4. The van der Waals surface area contributed by atoms with Crippen LogP contribution in [-0.4, -0.2) is 34.2 Å². The van der Waals surface area contributed by atoms with Gasteiger partial charge in [-0.3, -0.25) is 9.78 Å². The van der Waals surface area contributed by atoms with Crippen molar-refractivity contribution >= 4 is 28.8 Å². The Balaban J connectivity index is 1.41. The molecule has 3 aromatic rings. The molecule has 0 aliphatic carbocycles. The van der Waals surface area contributed by atoms with Crippen LogP contribution in [0.4, 0.5) is 22.9 Å². The lowest BCUT2D eigenvalue weighted by atomic mass is 10.2. The molecule has 0 radical (unpaired) electrons.